The van der Waals surface area contributed by atoms with Crippen LogP contribution >= 0.6 is 11.3 Å². The van der Waals surface area contributed by atoms with Crippen LogP contribution < -0.4 is 4.90 Å². The molecule has 1 saturated heterocycles. The monoisotopic (exact) mass is 417 g/mol. The molecule has 1 fully saturated rings. The average molecular weight is 418 g/mol. The number of aryl methyl sites for hydroxylation is 2. The minimum absolute atomic E-state index is 0.0988. The quantitative estimate of drug-likeness (QED) is 0.644. The van der Waals surface area contributed by atoms with Gasteiger partial charge >= 0.3 is 0 Å². The molecule has 1 atom stereocenters. The van der Waals surface area contributed by atoms with Crippen LogP contribution in [0.15, 0.2) is 50.5 Å². The predicted molar refractivity (Wildman–Crippen MR) is 111 cm³/mol. The fraction of sp³-hybridized carbons (Fsp3) is 0.350. The highest BCUT2D eigenvalue weighted by atomic mass is 32.2. The topological polar surface area (TPSA) is 66.7 Å². The largest absolute Gasteiger partial charge is 0.366 e. The fourth-order valence-corrected chi connectivity index (χ4v) is 6.37. The Morgan fingerprint density at radius 1 is 1.18 bits per heavy atom. The molecule has 0 radical (unpaired) electrons. The number of hydrogen-bond donors (Lipinski definition) is 0. The van der Waals surface area contributed by atoms with Crippen molar-refractivity contribution < 1.29 is 12.9 Å². The van der Waals surface area contributed by atoms with Crippen molar-refractivity contribution in [2.24, 2.45) is 0 Å². The van der Waals surface area contributed by atoms with Crippen molar-refractivity contribution in [1.82, 2.24) is 9.46 Å². The maximum Gasteiger partial charge on any atom is 0.252 e. The maximum atomic E-state index is 13.2. The summed E-state index contributed by atoms with van der Waals surface area (Å²) in [5.41, 5.74) is 3.86. The number of piperazine rings is 1. The van der Waals surface area contributed by atoms with Crippen LogP contribution in [-0.2, 0) is 10.0 Å². The smallest absolute Gasteiger partial charge is 0.252 e. The number of sulfonamides is 1. The number of benzene rings is 1. The van der Waals surface area contributed by atoms with E-state index in [9.17, 15) is 8.42 Å². The molecule has 3 aromatic rings. The summed E-state index contributed by atoms with van der Waals surface area (Å²) in [5, 5.41) is 5.68. The zero-order valence-electron chi connectivity index (χ0n) is 16.1. The Hall–Kier alpha value is -2.16. The Kier molecular flexibility index (Phi) is 5.03. The molecule has 1 aliphatic rings. The van der Waals surface area contributed by atoms with Crippen LogP contribution in [0.2, 0.25) is 0 Å². The van der Waals surface area contributed by atoms with Crippen LogP contribution in [0, 0.1) is 13.8 Å². The summed E-state index contributed by atoms with van der Waals surface area (Å²) < 4.78 is 33.5. The Morgan fingerprint density at radius 3 is 2.68 bits per heavy atom. The second-order valence-corrected chi connectivity index (χ2v) is 10.3. The summed E-state index contributed by atoms with van der Waals surface area (Å²) in [5.74, 6) is 0.591. The summed E-state index contributed by atoms with van der Waals surface area (Å²) >= 11 is 1.22. The standard InChI is InChI=1S/C20H23N3O3S2/c1-14-5-4-6-18(9-14)23-8-7-22(12-16(23)3)28(24,25)20-11-17(13-27-20)19-10-15(2)21-26-19/h4-6,9-11,13,16H,7-8,12H2,1-3H3. The van der Waals surface area contributed by atoms with Crippen molar-refractivity contribution in [3.05, 3.63) is 53.0 Å². The third-order valence-corrected chi connectivity index (χ3v) is 8.29. The first-order chi connectivity index (χ1) is 13.3. The molecule has 1 aliphatic heterocycles. The normalized spacial score (nSPS) is 18.5. The zero-order chi connectivity index (χ0) is 19.9. The van der Waals surface area contributed by atoms with Crippen molar-refractivity contribution in [3.8, 4) is 11.3 Å². The van der Waals surface area contributed by atoms with Gasteiger partial charge in [0.2, 0.25) is 0 Å². The molecule has 0 bridgehead atoms. The third-order valence-electron chi connectivity index (χ3n) is 5.01. The van der Waals surface area contributed by atoms with Crippen LogP contribution in [0.25, 0.3) is 11.3 Å². The Labute approximate surface area is 169 Å². The molecule has 148 valence electrons. The highest BCUT2D eigenvalue weighted by molar-refractivity contribution is 7.91. The van der Waals surface area contributed by atoms with Crippen LogP contribution in [0.1, 0.15) is 18.2 Å². The summed E-state index contributed by atoms with van der Waals surface area (Å²) in [6, 6.07) is 11.9. The van der Waals surface area contributed by atoms with Crippen molar-refractivity contribution in [1.29, 1.82) is 0 Å². The fourth-order valence-electron chi connectivity index (χ4n) is 3.54. The van der Waals surface area contributed by atoms with E-state index in [0.29, 0.717) is 29.6 Å². The van der Waals surface area contributed by atoms with Gasteiger partial charge in [-0.2, -0.15) is 4.31 Å². The molecule has 3 heterocycles. The summed E-state index contributed by atoms with van der Waals surface area (Å²) in [6.07, 6.45) is 0. The maximum absolute atomic E-state index is 13.2. The Bertz CT molecular complexity index is 1090. The van der Waals surface area contributed by atoms with E-state index in [0.717, 1.165) is 16.9 Å². The molecule has 0 spiro atoms. The van der Waals surface area contributed by atoms with Crippen molar-refractivity contribution in [2.75, 3.05) is 24.5 Å². The molecule has 2 aromatic heterocycles. The molecule has 0 amide bonds. The van der Waals surface area contributed by atoms with E-state index in [1.807, 2.05) is 13.0 Å². The first-order valence-corrected chi connectivity index (χ1v) is 11.5. The summed E-state index contributed by atoms with van der Waals surface area (Å²) in [7, 11) is -3.53. The molecule has 6 nitrogen and oxygen atoms in total. The zero-order valence-corrected chi connectivity index (χ0v) is 17.8. The number of nitrogens with zero attached hydrogens (tertiary/aromatic N) is 3. The summed E-state index contributed by atoms with van der Waals surface area (Å²) in [6.45, 7) is 7.58. The van der Waals surface area contributed by atoms with Gasteiger partial charge in [-0.1, -0.05) is 17.3 Å². The highest BCUT2D eigenvalue weighted by Gasteiger charge is 2.33. The van der Waals surface area contributed by atoms with Gasteiger partial charge in [0.15, 0.2) is 5.76 Å². The highest BCUT2D eigenvalue weighted by Crippen LogP contribution is 2.32. The van der Waals surface area contributed by atoms with Gasteiger partial charge in [0.05, 0.1) is 5.69 Å². The van der Waals surface area contributed by atoms with Crippen molar-refractivity contribution in [2.45, 2.75) is 31.0 Å². The van der Waals surface area contributed by atoms with E-state index in [1.165, 1.54) is 16.9 Å². The lowest BCUT2D eigenvalue weighted by molar-refractivity contribution is 0.343. The number of anilines is 1. The van der Waals surface area contributed by atoms with Gasteiger partial charge in [0.1, 0.15) is 4.21 Å². The molecule has 1 aromatic carbocycles. The molecular formula is C20H23N3O3S2. The number of thiophene rings is 1. The van der Waals surface area contributed by atoms with E-state index in [2.05, 4.69) is 42.1 Å². The van der Waals surface area contributed by atoms with E-state index < -0.39 is 10.0 Å². The molecule has 1 unspecified atom stereocenters. The molecule has 0 saturated carbocycles. The van der Waals surface area contributed by atoms with E-state index in [1.54, 1.807) is 21.8 Å². The van der Waals surface area contributed by atoms with Crippen molar-refractivity contribution >= 4 is 27.0 Å². The van der Waals surface area contributed by atoms with Crippen LogP contribution in [0.3, 0.4) is 0 Å². The first-order valence-electron chi connectivity index (χ1n) is 9.20. The van der Waals surface area contributed by atoms with Gasteiger partial charge < -0.3 is 9.42 Å². The lowest BCUT2D eigenvalue weighted by Gasteiger charge is -2.40. The van der Waals surface area contributed by atoms with Crippen LogP contribution in [-0.4, -0.2) is 43.6 Å². The molecule has 28 heavy (non-hydrogen) atoms. The lowest BCUT2D eigenvalue weighted by Crippen LogP contribution is -2.53. The molecule has 4 rings (SSSR count). The van der Waals surface area contributed by atoms with Gasteiger partial charge in [-0.15, -0.1) is 11.3 Å². The van der Waals surface area contributed by atoms with Crippen LogP contribution in [0.5, 0.6) is 0 Å². The van der Waals surface area contributed by atoms with Crippen molar-refractivity contribution in [3.63, 3.8) is 0 Å². The van der Waals surface area contributed by atoms with Gasteiger partial charge in [-0.3, -0.25) is 0 Å². The Morgan fingerprint density at radius 2 is 2.00 bits per heavy atom. The summed E-state index contributed by atoms with van der Waals surface area (Å²) in [4.78, 5) is 2.27. The SMILES string of the molecule is Cc1cccc(N2CCN(S(=O)(=O)c3cc(-c4cc(C)no4)cs3)CC2C)c1. The molecular weight excluding hydrogens is 394 g/mol. The van der Waals surface area contributed by atoms with E-state index in [4.69, 9.17) is 4.52 Å². The Balaban J connectivity index is 1.52. The molecule has 8 heteroatoms. The van der Waals surface area contributed by atoms with Gasteiger partial charge in [-0.25, -0.2) is 8.42 Å². The van der Waals surface area contributed by atoms with Gasteiger partial charge in [0, 0.05) is 48.4 Å². The van der Waals surface area contributed by atoms with E-state index >= 15 is 0 Å². The predicted octanol–water partition coefficient (Wildman–Crippen LogP) is 3.92. The van der Waals surface area contributed by atoms with E-state index in [-0.39, 0.29) is 6.04 Å². The average Bonchev–Trinajstić information content (AvgIpc) is 3.31. The number of aromatic nitrogens is 1. The van der Waals surface area contributed by atoms with Gasteiger partial charge in [-0.05, 0) is 44.5 Å². The minimum Gasteiger partial charge on any atom is -0.366 e. The second-order valence-electron chi connectivity index (χ2n) is 7.23. The molecule has 0 aliphatic carbocycles. The second kappa shape index (κ2) is 7.35. The number of rotatable bonds is 4. The minimum atomic E-state index is -3.53. The van der Waals surface area contributed by atoms with Gasteiger partial charge in [0.25, 0.3) is 10.0 Å². The first kappa shape index (κ1) is 19.2. The number of hydrogen-bond acceptors (Lipinski definition) is 6. The molecule has 0 N–H and O–H groups in total. The third kappa shape index (κ3) is 3.59. The lowest BCUT2D eigenvalue weighted by atomic mass is 10.1. The van der Waals surface area contributed by atoms with Crippen LogP contribution in [0.4, 0.5) is 5.69 Å².